The lowest BCUT2D eigenvalue weighted by Crippen LogP contribution is -2.67. The minimum absolute atomic E-state index is 0.0362. The Morgan fingerprint density at radius 1 is 1.31 bits per heavy atom. The standard InChI is InChI=1S/C6H8N2O5/c1-2-13-6(12)3(9)7-5(11)8-4(6)10/h12H,2H2,1H3,(H2,7,8,9,10,11). The number of carbonyl (C=O) groups excluding carboxylic acids is 3. The molecule has 1 heterocycles. The topological polar surface area (TPSA) is 105 Å². The summed E-state index contributed by atoms with van der Waals surface area (Å²) in [5.41, 5.74) is 0. The highest BCUT2D eigenvalue weighted by atomic mass is 16.6. The Hall–Kier alpha value is -1.47. The number of hydrogen-bond acceptors (Lipinski definition) is 5. The molecule has 1 aliphatic rings. The van der Waals surface area contributed by atoms with Gasteiger partial charge >= 0.3 is 11.8 Å². The smallest absolute Gasteiger partial charge is 0.330 e. The molecule has 0 bridgehead atoms. The van der Waals surface area contributed by atoms with E-state index < -0.39 is 23.6 Å². The highest BCUT2D eigenvalue weighted by molar-refractivity contribution is 6.20. The molecule has 13 heavy (non-hydrogen) atoms. The number of aliphatic hydroxyl groups is 1. The molecular weight excluding hydrogens is 180 g/mol. The van der Waals surface area contributed by atoms with Crippen molar-refractivity contribution in [1.29, 1.82) is 0 Å². The minimum Gasteiger partial charge on any atom is -0.351 e. The zero-order chi connectivity index (χ0) is 10.1. The number of ether oxygens (including phenoxy) is 1. The molecule has 0 radical (unpaired) electrons. The van der Waals surface area contributed by atoms with Gasteiger partial charge in [-0.1, -0.05) is 0 Å². The van der Waals surface area contributed by atoms with Gasteiger partial charge in [-0.05, 0) is 6.92 Å². The number of nitrogens with one attached hydrogen (secondary N) is 2. The van der Waals surface area contributed by atoms with E-state index in [0.717, 1.165) is 0 Å². The van der Waals surface area contributed by atoms with E-state index in [-0.39, 0.29) is 6.61 Å². The van der Waals surface area contributed by atoms with E-state index >= 15 is 0 Å². The summed E-state index contributed by atoms with van der Waals surface area (Å²) in [7, 11) is 0. The van der Waals surface area contributed by atoms with Gasteiger partial charge in [0.05, 0.1) is 0 Å². The number of amides is 4. The van der Waals surface area contributed by atoms with Crippen LogP contribution in [0.2, 0.25) is 0 Å². The number of urea groups is 1. The van der Waals surface area contributed by atoms with Crippen molar-refractivity contribution in [3.63, 3.8) is 0 Å². The van der Waals surface area contributed by atoms with Gasteiger partial charge in [0.15, 0.2) is 0 Å². The van der Waals surface area contributed by atoms with Gasteiger partial charge in [0.2, 0.25) is 0 Å². The summed E-state index contributed by atoms with van der Waals surface area (Å²) < 4.78 is 4.52. The largest absolute Gasteiger partial charge is 0.351 e. The van der Waals surface area contributed by atoms with Gasteiger partial charge in [0.1, 0.15) is 0 Å². The maximum Gasteiger partial charge on any atom is 0.330 e. The van der Waals surface area contributed by atoms with E-state index in [1.54, 1.807) is 10.6 Å². The van der Waals surface area contributed by atoms with E-state index in [9.17, 15) is 19.5 Å². The average molecular weight is 188 g/mol. The van der Waals surface area contributed by atoms with E-state index in [4.69, 9.17) is 0 Å². The second kappa shape index (κ2) is 3.11. The molecule has 0 saturated carbocycles. The predicted octanol–water partition coefficient (Wildman–Crippen LogP) is -1.92. The van der Waals surface area contributed by atoms with Crippen LogP contribution in [0.1, 0.15) is 6.92 Å². The number of carbonyl (C=O) groups is 3. The maximum absolute atomic E-state index is 11.0. The summed E-state index contributed by atoms with van der Waals surface area (Å²) in [6, 6.07) is -0.973. The Morgan fingerprint density at radius 2 is 1.77 bits per heavy atom. The van der Waals surface area contributed by atoms with Gasteiger partial charge in [0.25, 0.3) is 11.8 Å². The van der Waals surface area contributed by atoms with E-state index in [2.05, 4.69) is 4.74 Å². The highest BCUT2D eigenvalue weighted by Gasteiger charge is 2.50. The Bertz CT molecular complexity index is 254. The SMILES string of the molecule is CCOC1(O)C(=O)NC(=O)NC1=O. The third-order valence-electron chi connectivity index (χ3n) is 1.42. The molecular formula is C6H8N2O5. The van der Waals surface area contributed by atoms with Crippen molar-refractivity contribution >= 4 is 17.8 Å². The van der Waals surface area contributed by atoms with Crippen LogP contribution in [0.5, 0.6) is 0 Å². The van der Waals surface area contributed by atoms with Gasteiger partial charge < -0.3 is 9.84 Å². The third-order valence-corrected chi connectivity index (χ3v) is 1.42. The molecule has 0 aromatic carbocycles. The van der Waals surface area contributed by atoms with Crippen LogP contribution >= 0.6 is 0 Å². The molecule has 72 valence electrons. The molecule has 0 aromatic heterocycles. The van der Waals surface area contributed by atoms with Crippen molar-refractivity contribution in [3.05, 3.63) is 0 Å². The number of rotatable bonds is 2. The lowest BCUT2D eigenvalue weighted by atomic mass is 10.2. The summed E-state index contributed by atoms with van der Waals surface area (Å²) >= 11 is 0. The van der Waals surface area contributed by atoms with Crippen LogP contribution in [0.15, 0.2) is 0 Å². The van der Waals surface area contributed by atoms with Crippen LogP contribution in [0.25, 0.3) is 0 Å². The normalized spacial score (nSPS) is 20.9. The zero-order valence-electron chi connectivity index (χ0n) is 6.79. The Morgan fingerprint density at radius 3 is 2.15 bits per heavy atom. The molecule has 4 amide bonds. The maximum atomic E-state index is 11.0. The molecule has 1 fully saturated rings. The van der Waals surface area contributed by atoms with E-state index in [0.29, 0.717) is 0 Å². The molecule has 7 heteroatoms. The lowest BCUT2D eigenvalue weighted by molar-refractivity contribution is -0.208. The summed E-state index contributed by atoms with van der Waals surface area (Å²) in [4.78, 5) is 32.5. The molecule has 1 saturated heterocycles. The minimum atomic E-state index is -2.59. The van der Waals surface area contributed by atoms with Crippen molar-refractivity contribution in [2.75, 3.05) is 6.61 Å². The molecule has 1 aliphatic heterocycles. The molecule has 0 aromatic rings. The van der Waals surface area contributed by atoms with Gasteiger partial charge in [-0.3, -0.25) is 20.2 Å². The molecule has 0 spiro atoms. The summed E-state index contributed by atoms with van der Waals surface area (Å²) in [5.74, 6) is -4.95. The molecule has 1 rings (SSSR count). The Labute approximate surface area is 73.1 Å². The van der Waals surface area contributed by atoms with Crippen LogP contribution in [-0.2, 0) is 14.3 Å². The molecule has 0 aliphatic carbocycles. The summed E-state index contributed by atoms with van der Waals surface area (Å²) in [6.07, 6.45) is 0. The second-order valence-corrected chi connectivity index (χ2v) is 2.31. The first-order chi connectivity index (χ1) is 6.00. The Kier molecular flexibility index (Phi) is 2.30. The van der Waals surface area contributed by atoms with Crippen LogP contribution in [0.3, 0.4) is 0 Å². The third kappa shape index (κ3) is 1.51. The number of imide groups is 2. The average Bonchev–Trinajstić information content (AvgIpc) is 2.01. The van der Waals surface area contributed by atoms with Gasteiger partial charge in [-0.15, -0.1) is 0 Å². The Balaban J connectivity index is 2.89. The first kappa shape index (κ1) is 9.62. The quantitative estimate of drug-likeness (QED) is 0.346. The van der Waals surface area contributed by atoms with Gasteiger partial charge in [0, 0.05) is 6.61 Å². The van der Waals surface area contributed by atoms with E-state index in [1.165, 1.54) is 6.92 Å². The number of hydrogen-bond donors (Lipinski definition) is 3. The van der Waals surface area contributed by atoms with Crippen molar-refractivity contribution < 1.29 is 24.2 Å². The van der Waals surface area contributed by atoms with Crippen LogP contribution in [0.4, 0.5) is 4.79 Å². The fourth-order valence-corrected chi connectivity index (χ4v) is 0.850. The van der Waals surface area contributed by atoms with Crippen LogP contribution < -0.4 is 10.6 Å². The fourth-order valence-electron chi connectivity index (χ4n) is 0.850. The number of barbiturate groups is 1. The first-order valence-corrected chi connectivity index (χ1v) is 3.54. The summed E-state index contributed by atoms with van der Waals surface area (Å²) in [5, 5.41) is 12.7. The highest BCUT2D eigenvalue weighted by Crippen LogP contribution is 2.10. The van der Waals surface area contributed by atoms with Crippen molar-refractivity contribution in [1.82, 2.24) is 10.6 Å². The molecule has 0 atom stereocenters. The zero-order valence-corrected chi connectivity index (χ0v) is 6.79. The molecule has 0 unspecified atom stereocenters. The van der Waals surface area contributed by atoms with Crippen LogP contribution in [-0.4, -0.2) is 35.3 Å². The van der Waals surface area contributed by atoms with E-state index in [1.807, 2.05) is 0 Å². The van der Waals surface area contributed by atoms with Crippen LogP contribution in [0, 0.1) is 0 Å². The van der Waals surface area contributed by atoms with Gasteiger partial charge in [-0.2, -0.15) is 0 Å². The predicted molar refractivity (Wildman–Crippen MR) is 38.3 cm³/mol. The van der Waals surface area contributed by atoms with Crippen molar-refractivity contribution in [2.45, 2.75) is 12.7 Å². The van der Waals surface area contributed by atoms with Gasteiger partial charge in [-0.25, -0.2) is 4.79 Å². The van der Waals surface area contributed by atoms with Crippen molar-refractivity contribution in [3.8, 4) is 0 Å². The van der Waals surface area contributed by atoms with Crippen molar-refractivity contribution in [2.24, 2.45) is 0 Å². The fraction of sp³-hybridized carbons (Fsp3) is 0.500. The molecule has 3 N–H and O–H groups in total. The summed E-state index contributed by atoms with van der Waals surface area (Å²) in [6.45, 7) is 1.46. The second-order valence-electron chi connectivity index (χ2n) is 2.31. The molecule has 7 nitrogen and oxygen atoms in total. The lowest BCUT2D eigenvalue weighted by Gasteiger charge is -2.27. The monoisotopic (exact) mass is 188 g/mol. The first-order valence-electron chi connectivity index (χ1n) is 3.54.